The molecule has 1 atom stereocenters. The molecule has 11 heteroatoms. The molecule has 4 aromatic rings. The molecular formula is C26H16Cl2F2N4O3. The number of carbonyl (C=O) groups excluding carboxylic acids is 2. The topological polar surface area (TPSA) is 93.2 Å². The number of benzene rings is 2. The maximum atomic E-state index is 14.1. The molecule has 0 radical (unpaired) electrons. The van der Waals surface area contributed by atoms with Gasteiger partial charge in [0.15, 0.2) is 0 Å². The van der Waals surface area contributed by atoms with Crippen molar-refractivity contribution < 1.29 is 23.1 Å². The zero-order valence-electron chi connectivity index (χ0n) is 19.0. The van der Waals surface area contributed by atoms with E-state index in [0.717, 1.165) is 12.1 Å². The molecule has 7 nitrogen and oxygen atoms in total. The Morgan fingerprint density at radius 2 is 1.89 bits per heavy atom. The summed E-state index contributed by atoms with van der Waals surface area (Å²) in [4.78, 5) is 34.7. The molecule has 0 spiro atoms. The number of anilines is 1. The molecule has 0 saturated carbocycles. The Labute approximate surface area is 219 Å². The van der Waals surface area contributed by atoms with Gasteiger partial charge in [-0.2, -0.15) is 0 Å². The van der Waals surface area contributed by atoms with Gasteiger partial charge in [0.25, 0.3) is 11.8 Å². The zero-order valence-corrected chi connectivity index (χ0v) is 20.5. The predicted octanol–water partition coefficient (Wildman–Crippen LogP) is 5.82. The normalized spacial score (nSPS) is 14.2. The van der Waals surface area contributed by atoms with Gasteiger partial charge in [-0.15, -0.1) is 0 Å². The smallest absolute Gasteiger partial charge is 0.271 e. The van der Waals surface area contributed by atoms with Crippen LogP contribution in [0.1, 0.15) is 38.0 Å². The maximum Gasteiger partial charge on any atom is 0.271 e. The Kier molecular flexibility index (Phi) is 6.49. The zero-order chi connectivity index (χ0) is 26.3. The van der Waals surface area contributed by atoms with Crippen molar-refractivity contribution in [3.05, 3.63) is 105 Å². The first-order chi connectivity index (χ1) is 17.7. The highest BCUT2D eigenvalue weighted by Gasteiger charge is 2.36. The fraction of sp³-hybridized carbons (Fsp3) is 0.0769. The molecule has 0 saturated heterocycles. The van der Waals surface area contributed by atoms with Gasteiger partial charge in [-0.3, -0.25) is 14.6 Å². The van der Waals surface area contributed by atoms with Crippen LogP contribution in [0.4, 0.5) is 14.5 Å². The van der Waals surface area contributed by atoms with Crippen LogP contribution in [-0.2, 0) is 0 Å². The van der Waals surface area contributed by atoms with Gasteiger partial charge in [-0.25, -0.2) is 13.8 Å². The Bertz CT molecular complexity index is 1560. The first-order valence-electron chi connectivity index (χ1n) is 10.8. The number of aromatic nitrogens is 2. The van der Waals surface area contributed by atoms with Crippen molar-refractivity contribution in [3.63, 3.8) is 0 Å². The summed E-state index contributed by atoms with van der Waals surface area (Å²) < 4.78 is 33.4. The second-order valence-electron chi connectivity index (χ2n) is 8.08. The number of carbonyl (C=O) groups is 2. The van der Waals surface area contributed by atoms with Crippen LogP contribution >= 0.6 is 23.2 Å². The minimum Gasteiger partial charge on any atom is -0.494 e. The highest BCUT2D eigenvalue weighted by molar-refractivity contribution is 6.31. The Balaban J connectivity index is 1.70. The standard InChI is InChI=1S/C26H16Cl2F2N4O3/c1-37-21-11-31-5-4-16(21)19-10-20(33-25(35)12-6-13(27)8-15(30)7-12)22-23(34-26(36)24(22)32-19)17-9-14(29)2-3-18(17)28/h2-11,23H,1H3,(H,34,36)(H,32,33,35). The van der Waals surface area contributed by atoms with Gasteiger partial charge < -0.3 is 15.4 Å². The lowest BCUT2D eigenvalue weighted by atomic mass is 9.97. The molecule has 37 heavy (non-hydrogen) atoms. The molecule has 2 amide bonds. The first kappa shape index (κ1) is 24.6. The molecule has 0 fully saturated rings. The molecule has 0 bridgehead atoms. The number of amides is 2. The van der Waals surface area contributed by atoms with Crippen LogP contribution in [0.5, 0.6) is 5.75 Å². The Hall–Kier alpha value is -4.08. The number of methoxy groups -OCH3 is 1. The summed E-state index contributed by atoms with van der Waals surface area (Å²) >= 11 is 12.3. The maximum absolute atomic E-state index is 14.1. The number of nitrogens with zero attached hydrogens (tertiary/aromatic N) is 2. The third kappa shape index (κ3) is 4.71. The van der Waals surface area contributed by atoms with Crippen LogP contribution in [-0.4, -0.2) is 28.9 Å². The Morgan fingerprint density at radius 1 is 1.08 bits per heavy atom. The lowest BCUT2D eigenvalue weighted by Crippen LogP contribution is -2.21. The third-order valence-electron chi connectivity index (χ3n) is 5.76. The van der Waals surface area contributed by atoms with E-state index in [2.05, 4.69) is 20.6 Å². The molecule has 1 aliphatic heterocycles. The van der Waals surface area contributed by atoms with Crippen molar-refractivity contribution in [2.45, 2.75) is 6.04 Å². The minimum absolute atomic E-state index is 0.00531. The van der Waals surface area contributed by atoms with E-state index in [-0.39, 0.29) is 38.1 Å². The van der Waals surface area contributed by atoms with Crippen LogP contribution in [0, 0.1) is 11.6 Å². The summed E-state index contributed by atoms with van der Waals surface area (Å²) in [5, 5.41) is 5.72. The predicted molar refractivity (Wildman–Crippen MR) is 134 cm³/mol. The second-order valence-corrected chi connectivity index (χ2v) is 8.92. The number of hydrogen-bond acceptors (Lipinski definition) is 5. The van der Waals surface area contributed by atoms with Gasteiger partial charge >= 0.3 is 0 Å². The van der Waals surface area contributed by atoms with E-state index in [0.29, 0.717) is 17.0 Å². The highest BCUT2D eigenvalue weighted by atomic mass is 35.5. The quantitative estimate of drug-likeness (QED) is 0.332. The van der Waals surface area contributed by atoms with E-state index in [1.54, 1.807) is 6.07 Å². The van der Waals surface area contributed by atoms with E-state index in [4.69, 9.17) is 27.9 Å². The number of pyridine rings is 2. The molecule has 3 heterocycles. The fourth-order valence-corrected chi connectivity index (χ4v) is 4.58. The van der Waals surface area contributed by atoms with Crippen LogP contribution in [0.25, 0.3) is 11.3 Å². The van der Waals surface area contributed by atoms with Crippen molar-refractivity contribution in [1.29, 1.82) is 0 Å². The SMILES string of the molecule is COc1cnccc1-c1cc(NC(=O)c2cc(F)cc(Cl)c2)c2c(n1)C(=O)NC2c1cc(F)ccc1Cl. The number of rotatable bonds is 5. The second kappa shape index (κ2) is 9.76. The van der Waals surface area contributed by atoms with Crippen LogP contribution in [0.3, 0.4) is 0 Å². The summed E-state index contributed by atoms with van der Waals surface area (Å²) in [6, 6.07) is 9.41. The van der Waals surface area contributed by atoms with Gasteiger partial charge in [-0.05, 0) is 48.5 Å². The molecule has 2 N–H and O–H groups in total. The van der Waals surface area contributed by atoms with Gasteiger partial charge in [0.1, 0.15) is 23.1 Å². The van der Waals surface area contributed by atoms with Crippen molar-refractivity contribution in [3.8, 4) is 17.0 Å². The van der Waals surface area contributed by atoms with Gasteiger partial charge in [-0.1, -0.05) is 23.2 Å². The monoisotopic (exact) mass is 540 g/mol. The van der Waals surface area contributed by atoms with Crippen LogP contribution in [0.15, 0.2) is 60.9 Å². The Morgan fingerprint density at radius 3 is 2.65 bits per heavy atom. The minimum atomic E-state index is -0.919. The molecule has 5 rings (SSSR count). The molecule has 2 aromatic carbocycles. The van der Waals surface area contributed by atoms with Crippen LogP contribution in [0.2, 0.25) is 10.0 Å². The van der Waals surface area contributed by atoms with E-state index in [1.807, 2.05) is 0 Å². The van der Waals surface area contributed by atoms with E-state index in [9.17, 15) is 18.4 Å². The highest BCUT2D eigenvalue weighted by Crippen LogP contribution is 2.41. The van der Waals surface area contributed by atoms with E-state index >= 15 is 0 Å². The average Bonchev–Trinajstić information content (AvgIpc) is 3.21. The number of nitrogens with one attached hydrogen (secondary N) is 2. The van der Waals surface area contributed by atoms with Crippen molar-refractivity contribution in [2.24, 2.45) is 0 Å². The number of fused-ring (bicyclic) bond motifs is 1. The lowest BCUT2D eigenvalue weighted by Gasteiger charge is -2.19. The van der Waals surface area contributed by atoms with Crippen LogP contribution < -0.4 is 15.4 Å². The van der Waals surface area contributed by atoms with Gasteiger partial charge in [0, 0.05) is 38.5 Å². The molecule has 1 unspecified atom stereocenters. The summed E-state index contributed by atoms with van der Waals surface area (Å²) in [6.45, 7) is 0. The van der Waals surface area contributed by atoms with Crippen molar-refractivity contribution in [2.75, 3.05) is 12.4 Å². The lowest BCUT2D eigenvalue weighted by molar-refractivity contribution is 0.0955. The number of ether oxygens (including phenoxy) is 1. The average molecular weight is 541 g/mol. The molecule has 186 valence electrons. The number of hydrogen-bond donors (Lipinski definition) is 2. The van der Waals surface area contributed by atoms with E-state index in [1.165, 1.54) is 49.8 Å². The number of halogens is 4. The summed E-state index contributed by atoms with van der Waals surface area (Å²) in [5.74, 6) is -2.12. The first-order valence-corrected chi connectivity index (χ1v) is 11.6. The van der Waals surface area contributed by atoms with Gasteiger partial charge in [0.2, 0.25) is 0 Å². The fourth-order valence-electron chi connectivity index (χ4n) is 4.14. The molecule has 1 aliphatic rings. The molecule has 0 aliphatic carbocycles. The summed E-state index contributed by atoms with van der Waals surface area (Å²) in [5.41, 5.74) is 1.47. The van der Waals surface area contributed by atoms with E-state index < -0.39 is 29.5 Å². The third-order valence-corrected chi connectivity index (χ3v) is 6.32. The summed E-state index contributed by atoms with van der Waals surface area (Å²) in [7, 11) is 1.46. The molecule has 2 aromatic heterocycles. The summed E-state index contributed by atoms with van der Waals surface area (Å²) in [6.07, 6.45) is 3.00. The largest absolute Gasteiger partial charge is 0.494 e. The molecular weight excluding hydrogens is 525 g/mol. The van der Waals surface area contributed by atoms with Crippen molar-refractivity contribution in [1.82, 2.24) is 15.3 Å². The van der Waals surface area contributed by atoms with Gasteiger partial charge in [0.05, 0.1) is 30.7 Å². The van der Waals surface area contributed by atoms with Crippen molar-refractivity contribution >= 4 is 40.7 Å².